The largest absolute Gasteiger partial charge is 0.366 e. The number of nitrogens with one attached hydrogen (secondary N) is 2. The second-order valence-corrected chi connectivity index (χ2v) is 8.41. The van der Waals surface area contributed by atoms with Crippen LogP contribution < -0.4 is 10.6 Å². The Balaban J connectivity index is 2.51. The van der Waals surface area contributed by atoms with E-state index in [0.717, 1.165) is 6.07 Å². The van der Waals surface area contributed by atoms with E-state index in [0.29, 0.717) is 6.07 Å². The Morgan fingerprint density at radius 3 is 2.39 bits per heavy atom. The molecule has 9 heteroatoms. The Morgan fingerprint density at radius 1 is 1.21 bits per heavy atom. The van der Waals surface area contributed by atoms with Crippen molar-refractivity contribution in [1.82, 2.24) is 10.6 Å². The first kappa shape index (κ1) is 24.3. The van der Waals surface area contributed by atoms with E-state index in [1.807, 2.05) is 13.8 Å². The number of carbonyl (C=O) groups excluding carboxylic acids is 2. The van der Waals surface area contributed by atoms with Gasteiger partial charge in [-0.15, -0.1) is 0 Å². The average molecular weight is 421 g/mol. The van der Waals surface area contributed by atoms with Gasteiger partial charge in [-0.25, -0.2) is 8.78 Å². The number of hydrogen-bond donors (Lipinski definition) is 3. The summed E-state index contributed by atoms with van der Waals surface area (Å²) < 4.78 is 32.2. The third-order valence-corrected chi connectivity index (χ3v) is 3.98. The van der Waals surface area contributed by atoms with Gasteiger partial charge in [-0.05, 0) is 32.3 Å². The molecule has 3 N–H and O–H groups in total. The van der Waals surface area contributed by atoms with Crippen molar-refractivity contribution in [2.24, 2.45) is 5.41 Å². The van der Waals surface area contributed by atoms with Gasteiger partial charge in [0.1, 0.15) is 11.6 Å². The molecule has 2 amide bonds. The van der Waals surface area contributed by atoms with Gasteiger partial charge < -0.3 is 20.5 Å². The monoisotopic (exact) mass is 420 g/mol. The van der Waals surface area contributed by atoms with Crippen molar-refractivity contribution < 1.29 is 28.2 Å². The number of halogens is 3. The zero-order valence-corrected chi connectivity index (χ0v) is 17.4. The SMILES string of the molecule is C[C@@H](CNC(=O)CC(C)(C)COC(C)(C)O)NC(=O)c1cc(Cl)c(F)cc1F. The van der Waals surface area contributed by atoms with E-state index >= 15 is 0 Å². The lowest BCUT2D eigenvalue weighted by Crippen LogP contribution is -2.43. The molecular formula is C19H27ClF2N2O4. The standard InChI is InChI=1S/C19H27ClF2N2O4/c1-11(24-17(26)12-6-13(20)15(22)7-14(12)21)9-23-16(25)8-18(2,3)10-28-19(4,5)27/h6-7,11,27H,8-10H2,1-5H3,(H,23,25)(H,24,26)/t11-/m0/s1. The molecule has 1 aromatic carbocycles. The summed E-state index contributed by atoms with van der Waals surface area (Å²) in [6, 6.07) is 0.954. The lowest BCUT2D eigenvalue weighted by molar-refractivity contribution is -0.192. The Morgan fingerprint density at radius 2 is 1.82 bits per heavy atom. The first-order valence-electron chi connectivity index (χ1n) is 8.78. The number of carbonyl (C=O) groups is 2. The van der Waals surface area contributed by atoms with E-state index in [9.17, 15) is 23.5 Å². The van der Waals surface area contributed by atoms with Gasteiger partial charge in [0.05, 0.1) is 17.2 Å². The van der Waals surface area contributed by atoms with E-state index in [2.05, 4.69) is 10.6 Å². The Bertz CT molecular complexity index is 721. The minimum Gasteiger partial charge on any atom is -0.366 e. The summed E-state index contributed by atoms with van der Waals surface area (Å²) >= 11 is 5.58. The van der Waals surface area contributed by atoms with Gasteiger partial charge in [0.2, 0.25) is 5.91 Å². The van der Waals surface area contributed by atoms with E-state index in [-0.39, 0.29) is 36.1 Å². The number of hydrogen-bond acceptors (Lipinski definition) is 4. The minimum atomic E-state index is -1.29. The highest BCUT2D eigenvalue weighted by Crippen LogP contribution is 2.23. The van der Waals surface area contributed by atoms with E-state index in [1.54, 1.807) is 6.92 Å². The first-order chi connectivity index (χ1) is 12.7. The summed E-state index contributed by atoms with van der Waals surface area (Å²) in [5, 5.41) is 14.4. The number of benzene rings is 1. The fourth-order valence-electron chi connectivity index (χ4n) is 2.24. The van der Waals surface area contributed by atoms with Crippen LogP contribution in [0.1, 0.15) is 51.4 Å². The van der Waals surface area contributed by atoms with Crippen LogP contribution >= 0.6 is 11.6 Å². The average Bonchev–Trinajstić information content (AvgIpc) is 2.53. The predicted molar refractivity (Wildman–Crippen MR) is 102 cm³/mol. The van der Waals surface area contributed by atoms with Gasteiger partial charge in [0, 0.05) is 25.1 Å². The van der Waals surface area contributed by atoms with Crippen LogP contribution in [0.5, 0.6) is 0 Å². The molecule has 0 spiro atoms. The molecule has 6 nitrogen and oxygen atoms in total. The van der Waals surface area contributed by atoms with Gasteiger partial charge >= 0.3 is 0 Å². The summed E-state index contributed by atoms with van der Waals surface area (Å²) in [6.45, 7) is 8.58. The molecular weight excluding hydrogens is 394 g/mol. The normalized spacial score (nSPS) is 13.2. The van der Waals surface area contributed by atoms with Crippen LogP contribution in [0.15, 0.2) is 12.1 Å². The van der Waals surface area contributed by atoms with Gasteiger partial charge in [0.15, 0.2) is 5.79 Å². The van der Waals surface area contributed by atoms with Crippen molar-refractivity contribution in [2.45, 2.75) is 52.9 Å². The van der Waals surface area contributed by atoms with Crippen molar-refractivity contribution >= 4 is 23.4 Å². The Hall–Kier alpha value is -1.77. The molecule has 0 bridgehead atoms. The van der Waals surface area contributed by atoms with Crippen LogP contribution in [-0.2, 0) is 9.53 Å². The summed E-state index contributed by atoms with van der Waals surface area (Å²) in [4.78, 5) is 24.2. The number of ether oxygens (including phenoxy) is 1. The van der Waals surface area contributed by atoms with Gasteiger partial charge in [-0.2, -0.15) is 0 Å². The minimum absolute atomic E-state index is 0.115. The van der Waals surface area contributed by atoms with Gasteiger partial charge in [0.25, 0.3) is 5.91 Å². The highest BCUT2D eigenvalue weighted by atomic mass is 35.5. The number of aliphatic hydroxyl groups is 1. The van der Waals surface area contributed by atoms with Crippen molar-refractivity contribution in [1.29, 1.82) is 0 Å². The molecule has 0 aliphatic rings. The van der Waals surface area contributed by atoms with Crippen molar-refractivity contribution in [3.8, 4) is 0 Å². The lowest BCUT2D eigenvalue weighted by atomic mass is 9.90. The molecule has 0 saturated carbocycles. The fourth-order valence-corrected chi connectivity index (χ4v) is 2.40. The topological polar surface area (TPSA) is 87.7 Å². The van der Waals surface area contributed by atoms with E-state index in [4.69, 9.17) is 16.3 Å². The van der Waals surface area contributed by atoms with Crippen molar-refractivity contribution in [3.63, 3.8) is 0 Å². The van der Waals surface area contributed by atoms with Crippen LogP contribution in [0.4, 0.5) is 8.78 Å². The molecule has 1 rings (SSSR count). The van der Waals surface area contributed by atoms with Gasteiger partial charge in [-0.3, -0.25) is 9.59 Å². The smallest absolute Gasteiger partial charge is 0.254 e. The van der Waals surface area contributed by atoms with Crippen LogP contribution in [0.3, 0.4) is 0 Å². The zero-order chi connectivity index (χ0) is 21.7. The zero-order valence-electron chi connectivity index (χ0n) is 16.7. The molecule has 0 heterocycles. The molecule has 1 atom stereocenters. The van der Waals surface area contributed by atoms with Crippen LogP contribution in [0.2, 0.25) is 5.02 Å². The second kappa shape index (κ2) is 9.62. The van der Waals surface area contributed by atoms with Crippen LogP contribution in [0, 0.1) is 17.0 Å². The summed E-state index contributed by atoms with van der Waals surface area (Å²) in [6.07, 6.45) is 0.145. The summed E-state index contributed by atoms with van der Waals surface area (Å²) in [5.41, 5.74) is -0.889. The Kier molecular flexibility index (Phi) is 8.34. The molecule has 0 aliphatic heterocycles. The maximum Gasteiger partial charge on any atom is 0.254 e. The lowest BCUT2D eigenvalue weighted by Gasteiger charge is -2.28. The fraction of sp³-hybridized carbons (Fsp3) is 0.579. The van der Waals surface area contributed by atoms with E-state index in [1.165, 1.54) is 13.8 Å². The second-order valence-electron chi connectivity index (χ2n) is 8.00. The first-order valence-corrected chi connectivity index (χ1v) is 9.16. The highest BCUT2D eigenvalue weighted by Gasteiger charge is 2.26. The van der Waals surface area contributed by atoms with Crippen molar-refractivity contribution in [2.75, 3.05) is 13.2 Å². The summed E-state index contributed by atoms with van der Waals surface area (Å²) in [5.74, 6) is -4.29. The number of rotatable bonds is 9. The van der Waals surface area contributed by atoms with E-state index < -0.39 is 34.8 Å². The molecule has 0 unspecified atom stereocenters. The molecule has 0 fully saturated rings. The maximum atomic E-state index is 13.7. The molecule has 158 valence electrons. The maximum absolute atomic E-state index is 13.7. The molecule has 0 aliphatic carbocycles. The predicted octanol–water partition coefficient (Wildman–Crippen LogP) is 3.01. The summed E-state index contributed by atoms with van der Waals surface area (Å²) in [7, 11) is 0. The molecule has 0 aromatic heterocycles. The number of amides is 2. The van der Waals surface area contributed by atoms with Crippen molar-refractivity contribution in [3.05, 3.63) is 34.4 Å². The molecule has 0 saturated heterocycles. The molecule has 1 aromatic rings. The van der Waals surface area contributed by atoms with Gasteiger partial charge in [-0.1, -0.05) is 25.4 Å². The molecule has 28 heavy (non-hydrogen) atoms. The van der Waals surface area contributed by atoms with Crippen LogP contribution in [0.25, 0.3) is 0 Å². The highest BCUT2D eigenvalue weighted by molar-refractivity contribution is 6.31. The van der Waals surface area contributed by atoms with Crippen LogP contribution in [-0.4, -0.2) is 41.9 Å². The molecule has 0 radical (unpaired) electrons. The quantitative estimate of drug-likeness (QED) is 0.423. The third-order valence-electron chi connectivity index (χ3n) is 3.69. The Labute approximate surface area is 168 Å². The third kappa shape index (κ3) is 8.50.